The molecule has 0 spiro atoms. The van der Waals surface area contributed by atoms with E-state index in [-0.39, 0.29) is 9.92 Å². The second kappa shape index (κ2) is 7.86. The van der Waals surface area contributed by atoms with Crippen LogP contribution in [-0.2, 0) is 14.8 Å². The van der Waals surface area contributed by atoms with Gasteiger partial charge in [0.2, 0.25) is 0 Å². The summed E-state index contributed by atoms with van der Waals surface area (Å²) >= 11 is 5.87. The first-order chi connectivity index (χ1) is 11.7. The van der Waals surface area contributed by atoms with Gasteiger partial charge in [-0.15, -0.1) is 4.83 Å². The van der Waals surface area contributed by atoms with Crippen molar-refractivity contribution in [2.45, 2.75) is 31.8 Å². The molecule has 134 valence electrons. The molecule has 0 fully saturated rings. The van der Waals surface area contributed by atoms with Crippen molar-refractivity contribution in [2.75, 3.05) is 0 Å². The highest BCUT2D eigenvalue weighted by atomic mass is 35.5. The van der Waals surface area contributed by atoms with E-state index in [2.05, 4.69) is 5.43 Å². The Hall–Kier alpha value is -2.09. The largest absolute Gasteiger partial charge is 0.481 e. The van der Waals surface area contributed by atoms with Crippen molar-refractivity contribution in [3.63, 3.8) is 0 Å². The van der Waals surface area contributed by atoms with Gasteiger partial charge in [-0.2, -0.15) is 0 Å². The molecular formula is C17H19ClN2O4S. The molecule has 1 atom stereocenters. The number of benzene rings is 2. The lowest BCUT2D eigenvalue weighted by molar-refractivity contribution is -0.127. The molecule has 25 heavy (non-hydrogen) atoms. The molecule has 0 aliphatic carbocycles. The molecule has 2 aromatic carbocycles. The molecule has 0 saturated heterocycles. The fourth-order valence-electron chi connectivity index (χ4n) is 2.03. The number of ether oxygens (including phenoxy) is 1. The van der Waals surface area contributed by atoms with Gasteiger partial charge in [-0.1, -0.05) is 35.9 Å². The van der Waals surface area contributed by atoms with E-state index in [1.54, 1.807) is 12.1 Å². The molecule has 0 saturated carbocycles. The summed E-state index contributed by atoms with van der Waals surface area (Å²) in [5.41, 5.74) is 4.09. The summed E-state index contributed by atoms with van der Waals surface area (Å²) in [5.74, 6) is -0.0619. The SMILES string of the molecule is Cc1cccc(O[C@@H](C)C(=O)NNS(=O)(=O)c2ccccc2Cl)c1C. The maximum atomic E-state index is 12.2. The van der Waals surface area contributed by atoms with Crippen LogP contribution >= 0.6 is 11.6 Å². The highest BCUT2D eigenvalue weighted by Gasteiger charge is 2.21. The fourth-order valence-corrected chi connectivity index (χ4v) is 3.40. The number of nitrogens with one attached hydrogen (secondary N) is 2. The van der Waals surface area contributed by atoms with Crippen molar-refractivity contribution in [3.8, 4) is 5.75 Å². The van der Waals surface area contributed by atoms with Crippen molar-refractivity contribution < 1.29 is 17.9 Å². The number of amides is 1. The van der Waals surface area contributed by atoms with E-state index in [1.165, 1.54) is 25.1 Å². The summed E-state index contributed by atoms with van der Waals surface area (Å²) in [6.07, 6.45) is -0.894. The quantitative estimate of drug-likeness (QED) is 0.752. The molecule has 2 aromatic rings. The molecule has 2 N–H and O–H groups in total. The molecular weight excluding hydrogens is 364 g/mol. The lowest BCUT2D eigenvalue weighted by atomic mass is 10.1. The number of aryl methyl sites for hydroxylation is 1. The molecule has 0 heterocycles. The molecule has 8 heteroatoms. The van der Waals surface area contributed by atoms with Gasteiger partial charge in [0.05, 0.1) is 5.02 Å². The molecule has 0 radical (unpaired) electrons. The third-order valence-electron chi connectivity index (χ3n) is 3.66. The minimum Gasteiger partial charge on any atom is -0.481 e. The maximum Gasteiger partial charge on any atom is 0.275 e. The van der Waals surface area contributed by atoms with Gasteiger partial charge < -0.3 is 4.74 Å². The van der Waals surface area contributed by atoms with Gasteiger partial charge >= 0.3 is 0 Å². The van der Waals surface area contributed by atoms with Crippen LogP contribution in [0.4, 0.5) is 0 Å². The summed E-state index contributed by atoms with van der Waals surface area (Å²) in [6, 6.07) is 11.4. The van der Waals surface area contributed by atoms with Crippen LogP contribution in [0.15, 0.2) is 47.4 Å². The standard InChI is InChI=1S/C17H19ClN2O4S/c1-11-7-6-9-15(12(11)2)24-13(3)17(21)19-20-25(22,23)16-10-5-4-8-14(16)18/h4-10,13,20H,1-3H3,(H,19,21)/t13-/m0/s1. The monoisotopic (exact) mass is 382 g/mol. The van der Waals surface area contributed by atoms with Crippen LogP contribution in [0.5, 0.6) is 5.75 Å². The summed E-state index contributed by atoms with van der Waals surface area (Å²) in [7, 11) is -3.98. The maximum absolute atomic E-state index is 12.2. The van der Waals surface area contributed by atoms with E-state index in [0.29, 0.717) is 5.75 Å². The van der Waals surface area contributed by atoms with E-state index < -0.39 is 22.0 Å². The number of carbonyl (C=O) groups is 1. The van der Waals surface area contributed by atoms with E-state index in [0.717, 1.165) is 11.1 Å². The predicted molar refractivity (Wildman–Crippen MR) is 95.9 cm³/mol. The number of hydrazine groups is 1. The van der Waals surface area contributed by atoms with E-state index >= 15 is 0 Å². The molecule has 1 amide bonds. The van der Waals surface area contributed by atoms with Gasteiger partial charge in [-0.3, -0.25) is 10.2 Å². The van der Waals surface area contributed by atoms with E-state index in [9.17, 15) is 13.2 Å². The number of hydrogen-bond acceptors (Lipinski definition) is 4. The number of hydrogen-bond donors (Lipinski definition) is 2. The zero-order valence-corrected chi connectivity index (χ0v) is 15.6. The summed E-state index contributed by atoms with van der Waals surface area (Å²) < 4.78 is 30.0. The van der Waals surface area contributed by atoms with Crippen LogP contribution < -0.4 is 15.0 Å². The lowest BCUT2D eigenvalue weighted by Crippen LogP contribution is -2.47. The molecule has 0 unspecified atom stereocenters. The number of rotatable bonds is 6. The molecule has 2 rings (SSSR count). The first-order valence-electron chi connectivity index (χ1n) is 7.51. The fraction of sp³-hybridized carbons (Fsp3) is 0.235. The molecule has 0 bridgehead atoms. The topological polar surface area (TPSA) is 84.5 Å². The minimum absolute atomic E-state index is 0.0592. The third-order valence-corrected chi connectivity index (χ3v) is 5.41. The highest BCUT2D eigenvalue weighted by molar-refractivity contribution is 7.89. The molecule has 0 aliphatic rings. The van der Waals surface area contributed by atoms with E-state index in [4.69, 9.17) is 16.3 Å². The number of halogens is 1. The average molecular weight is 383 g/mol. The Bertz CT molecular complexity index is 884. The van der Waals surface area contributed by atoms with Crippen LogP contribution in [0.2, 0.25) is 5.02 Å². The Kier molecular flexibility index (Phi) is 6.05. The number of carbonyl (C=O) groups excluding carboxylic acids is 1. The smallest absolute Gasteiger partial charge is 0.275 e. The predicted octanol–water partition coefficient (Wildman–Crippen LogP) is 2.73. The Morgan fingerprint density at radius 2 is 1.80 bits per heavy atom. The third kappa shape index (κ3) is 4.72. The van der Waals surface area contributed by atoms with Crippen molar-refractivity contribution >= 4 is 27.5 Å². The van der Waals surface area contributed by atoms with E-state index in [1.807, 2.05) is 30.8 Å². The van der Waals surface area contributed by atoms with Crippen LogP contribution in [-0.4, -0.2) is 20.4 Å². The first kappa shape index (κ1) is 19.2. The van der Waals surface area contributed by atoms with Gasteiger partial charge in [-0.25, -0.2) is 8.42 Å². The van der Waals surface area contributed by atoms with Crippen molar-refractivity contribution in [3.05, 3.63) is 58.6 Å². The van der Waals surface area contributed by atoms with Gasteiger partial charge in [0.15, 0.2) is 6.10 Å². The molecule has 0 aromatic heterocycles. The lowest BCUT2D eigenvalue weighted by Gasteiger charge is -2.17. The summed E-state index contributed by atoms with van der Waals surface area (Å²) in [4.78, 5) is 14.0. The van der Waals surface area contributed by atoms with Gasteiger partial charge in [0, 0.05) is 0 Å². The van der Waals surface area contributed by atoms with Gasteiger partial charge in [0.25, 0.3) is 15.9 Å². The Labute approximate surface area is 152 Å². The van der Waals surface area contributed by atoms with Crippen molar-refractivity contribution in [1.82, 2.24) is 10.3 Å². The average Bonchev–Trinajstić information content (AvgIpc) is 2.57. The second-order valence-electron chi connectivity index (χ2n) is 5.48. The second-order valence-corrected chi connectivity index (χ2v) is 7.54. The first-order valence-corrected chi connectivity index (χ1v) is 9.37. The van der Waals surface area contributed by atoms with Crippen LogP contribution in [0.3, 0.4) is 0 Å². The van der Waals surface area contributed by atoms with Crippen LogP contribution in [0.1, 0.15) is 18.1 Å². The zero-order chi connectivity index (χ0) is 18.6. The Morgan fingerprint density at radius 3 is 2.48 bits per heavy atom. The minimum atomic E-state index is -3.98. The van der Waals surface area contributed by atoms with Crippen LogP contribution in [0.25, 0.3) is 0 Å². The van der Waals surface area contributed by atoms with Gasteiger partial charge in [-0.05, 0) is 50.1 Å². The molecule has 6 nitrogen and oxygen atoms in total. The zero-order valence-electron chi connectivity index (χ0n) is 14.0. The number of sulfonamides is 1. The summed E-state index contributed by atoms with van der Waals surface area (Å²) in [6.45, 7) is 5.35. The molecule has 0 aliphatic heterocycles. The van der Waals surface area contributed by atoms with Crippen LogP contribution in [0, 0.1) is 13.8 Å². The summed E-state index contributed by atoms with van der Waals surface area (Å²) in [5, 5.41) is 0.0592. The van der Waals surface area contributed by atoms with Crippen molar-refractivity contribution in [1.29, 1.82) is 0 Å². The Balaban J connectivity index is 2.02. The normalized spacial score (nSPS) is 12.5. The highest BCUT2D eigenvalue weighted by Crippen LogP contribution is 2.22. The Morgan fingerprint density at radius 1 is 1.12 bits per heavy atom. The van der Waals surface area contributed by atoms with Gasteiger partial charge in [0.1, 0.15) is 10.6 Å². The van der Waals surface area contributed by atoms with Crippen molar-refractivity contribution in [2.24, 2.45) is 0 Å².